The Bertz CT molecular complexity index is 770. The maximum Gasteiger partial charge on any atom is 0.294 e. The Kier molecular flexibility index (Phi) is 8.68. The zero-order valence-corrected chi connectivity index (χ0v) is 16.2. The van der Waals surface area contributed by atoms with Crippen LogP contribution in [0.1, 0.15) is 36.0 Å². The van der Waals surface area contributed by atoms with Gasteiger partial charge in [-0.05, 0) is 37.4 Å². The number of hydrogen-bond donors (Lipinski definition) is 2. The molecule has 27 heavy (non-hydrogen) atoms. The Morgan fingerprint density at radius 2 is 2.07 bits per heavy atom. The van der Waals surface area contributed by atoms with Gasteiger partial charge in [0.05, 0.1) is 11.3 Å². The average molecular weight is 416 g/mol. The molecule has 1 saturated carbocycles. The number of nitrogens with two attached hydrogens (primary N) is 1. The van der Waals surface area contributed by atoms with E-state index in [1.165, 1.54) is 12.4 Å². The Balaban J connectivity index is 0.00000182. The number of amides is 1. The zero-order valence-electron chi connectivity index (χ0n) is 14.6. The molecule has 8 nitrogen and oxygen atoms in total. The van der Waals surface area contributed by atoms with Crippen LogP contribution in [-0.2, 0) is 0 Å². The number of halogens is 2. The highest BCUT2D eigenvalue weighted by Gasteiger charge is 2.26. The molecule has 2 atom stereocenters. The number of benzene rings is 1. The number of carbonyl (C=O) groups is 1. The van der Waals surface area contributed by atoms with E-state index in [0.29, 0.717) is 12.2 Å². The Morgan fingerprint density at radius 3 is 2.70 bits per heavy atom. The fraction of sp³-hybridized carbons (Fsp3) is 0.412. The van der Waals surface area contributed by atoms with Gasteiger partial charge in [0.2, 0.25) is 0 Å². The molecule has 1 heterocycles. The Labute approximate surface area is 169 Å². The first-order valence-electron chi connectivity index (χ1n) is 8.38. The van der Waals surface area contributed by atoms with Crippen LogP contribution in [0.4, 0.5) is 5.69 Å². The van der Waals surface area contributed by atoms with E-state index in [1.54, 1.807) is 29.1 Å². The standard InChI is InChI=1S/C17H21N5O3.2ClH/c18-10-13-3-1-2-4-14(13)20-17(23)12-5-6-15(16(9-12)22(24)25)21-8-7-19-11-21;;/h5-9,11,13-14H,1-4,10,18H2,(H,20,23);2*1H. The zero-order chi connectivity index (χ0) is 17.8. The molecule has 10 heteroatoms. The quantitative estimate of drug-likeness (QED) is 0.574. The van der Waals surface area contributed by atoms with Crippen LogP contribution in [-0.4, -0.2) is 33.0 Å². The van der Waals surface area contributed by atoms with Crippen LogP contribution in [0.3, 0.4) is 0 Å². The molecule has 3 rings (SSSR count). The number of aromatic nitrogens is 2. The summed E-state index contributed by atoms with van der Waals surface area (Å²) in [6, 6.07) is 4.50. The number of carbonyl (C=O) groups excluding carboxylic acids is 1. The number of nitrogens with zero attached hydrogens (tertiary/aromatic N) is 3. The third-order valence-corrected chi connectivity index (χ3v) is 4.75. The van der Waals surface area contributed by atoms with E-state index < -0.39 is 4.92 Å². The van der Waals surface area contributed by atoms with Crippen LogP contribution in [0.25, 0.3) is 5.69 Å². The molecule has 1 aliphatic carbocycles. The van der Waals surface area contributed by atoms with Crippen LogP contribution in [0.15, 0.2) is 36.9 Å². The summed E-state index contributed by atoms with van der Waals surface area (Å²) < 4.78 is 1.55. The fourth-order valence-electron chi connectivity index (χ4n) is 3.36. The lowest BCUT2D eigenvalue weighted by atomic mass is 9.84. The van der Waals surface area contributed by atoms with Gasteiger partial charge in [-0.3, -0.25) is 14.9 Å². The lowest BCUT2D eigenvalue weighted by Crippen LogP contribution is -2.44. The van der Waals surface area contributed by atoms with Crippen molar-refractivity contribution in [3.63, 3.8) is 0 Å². The average Bonchev–Trinajstić information content (AvgIpc) is 3.16. The summed E-state index contributed by atoms with van der Waals surface area (Å²) in [7, 11) is 0. The second-order valence-corrected chi connectivity index (χ2v) is 6.29. The van der Waals surface area contributed by atoms with Gasteiger partial charge in [-0.15, -0.1) is 24.8 Å². The normalized spacial score (nSPS) is 18.7. The summed E-state index contributed by atoms with van der Waals surface area (Å²) in [5.41, 5.74) is 6.31. The lowest BCUT2D eigenvalue weighted by Gasteiger charge is -2.31. The van der Waals surface area contributed by atoms with Crippen LogP contribution in [0, 0.1) is 16.0 Å². The summed E-state index contributed by atoms with van der Waals surface area (Å²) in [6.45, 7) is 0.532. The van der Waals surface area contributed by atoms with Crippen molar-refractivity contribution in [3.8, 4) is 5.69 Å². The maximum atomic E-state index is 12.6. The monoisotopic (exact) mass is 415 g/mol. The summed E-state index contributed by atoms with van der Waals surface area (Å²) in [5.74, 6) is -0.0384. The molecule has 1 aromatic carbocycles. The van der Waals surface area contributed by atoms with Gasteiger partial charge in [0.1, 0.15) is 5.69 Å². The number of nitro groups is 1. The third-order valence-electron chi connectivity index (χ3n) is 4.75. The summed E-state index contributed by atoms with van der Waals surface area (Å²) in [4.78, 5) is 27.4. The van der Waals surface area contributed by atoms with Gasteiger partial charge in [-0.25, -0.2) is 4.98 Å². The first-order chi connectivity index (χ1) is 12.1. The topological polar surface area (TPSA) is 116 Å². The predicted molar refractivity (Wildman–Crippen MR) is 107 cm³/mol. The van der Waals surface area contributed by atoms with Crippen molar-refractivity contribution in [2.24, 2.45) is 11.7 Å². The van der Waals surface area contributed by atoms with E-state index in [9.17, 15) is 14.9 Å². The van der Waals surface area contributed by atoms with Gasteiger partial charge in [-0.1, -0.05) is 12.8 Å². The Hall–Kier alpha value is -2.16. The van der Waals surface area contributed by atoms with Gasteiger partial charge >= 0.3 is 0 Å². The van der Waals surface area contributed by atoms with Gasteiger partial charge in [0, 0.05) is 30.1 Å². The minimum absolute atomic E-state index is 0. The minimum Gasteiger partial charge on any atom is -0.349 e. The number of nitrogens with one attached hydrogen (secondary N) is 1. The van der Waals surface area contributed by atoms with Crippen molar-refractivity contribution in [1.29, 1.82) is 0 Å². The predicted octanol–water partition coefficient (Wildman–Crippen LogP) is 2.87. The van der Waals surface area contributed by atoms with Crippen LogP contribution in [0.2, 0.25) is 0 Å². The molecule has 3 N–H and O–H groups in total. The largest absolute Gasteiger partial charge is 0.349 e. The van der Waals surface area contributed by atoms with Crippen molar-refractivity contribution in [2.75, 3.05) is 6.54 Å². The van der Waals surface area contributed by atoms with Gasteiger partial charge in [-0.2, -0.15) is 0 Å². The number of hydrogen-bond acceptors (Lipinski definition) is 5. The molecule has 1 fully saturated rings. The molecule has 1 aliphatic rings. The number of nitro benzene ring substituents is 1. The van der Waals surface area contributed by atoms with Gasteiger partial charge in [0.15, 0.2) is 0 Å². The number of imidazole rings is 1. The van der Waals surface area contributed by atoms with Gasteiger partial charge < -0.3 is 15.6 Å². The molecule has 1 aromatic heterocycles. The van der Waals surface area contributed by atoms with Crippen LogP contribution >= 0.6 is 24.8 Å². The summed E-state index contributed by atoms with van der Waals surface area (Å²) in [6.07, 6.45) is 8.72. The Morgan fingerprint density at radius 1 is 1.33 bits per heavy atom. The number of rotatable bonds is 5. The summed E-state index contributed by atoms with van der Waals surface area (Å²) >= 11 is 0. The fourth-order valence-corrected chi connectivity index (χ4v) is 3.36. The van der Waals surface area contributed by atoms with Crippen molar-refractivity contribution in [3.05, 3.63) is 52.6 Å². The molecule has 0 saturated heterocycles. The van der Waals surface area contributed by atoms with E-state index in [0.717, 1.165) is 25.7 Å². The van der Waals surface area contributed by atoms with E-state index in [4.69, 9.17) is 5.73 Å². The van der Waals surface area contributed by atoms with Gasteiger partial charge in [0.25, 0.3) is 11.6 Å². The molecule has 148 valence electrons. The minimum atomic E-state index is -0.491. The molecule has 0 bridgehead atoms. The third kappa shape index (κ3) is 5.18. The van der Waals surface area contributed by atoms with E-state index in [1.807, 2.05) is 0 Å². The van der Waals surface area contributed by atoms with Crippen LogP contribution in [0.5, 0.6) is 0 Å². The highest BCUT2D eigenvalue weighted by Crippen LogP contribution is 2.26. The lowest BCUT2D eigenvalue weighted by molar-refractivity contribution is -0.384. The second-order valence-electron chi connectivity index (χ2n) is 6.29. The molecule has 0 spiro atoms. The molecule has 2 unspecified atom stereocenters. The van der Waals surface area contributed by atoms with E-state index >= 15 is 0 Å². The van der Waals surface area contributed by atoms with Crippen molar-refractivity contribution in [2.45, 2.75) is 31.7 Å². The van der Waals surface area contributed by atoms with E-state index in [2.05, 4.69) is 10.3 Å². The SMILES string of the molecule is Cl.Cl.NCC1CCCCC1NC(=O)c1ccc(-n2ccnc2)c([N+](=O)[O-])c1. The molecule has 0 radical (unpaired) electrons. The van der Waals surface area contributed by atoms with Crippen molar-refractivity contribution in [1.82, 2.24) is 14.9 Å². The first-order valence-corrected chi connectivity index (χ1v) is 8.38. The molecule has 0 aliphatic heterocycles. The molecular weight excluding hydrogens is 393 g/mol. The first kappa shape index (κ1) is 22.9. The summed E-state index contributed by atoms with van der Waals surface area (Å²) in [5, 5.41) is 14.4. The molecule has 1 amide bonds. The van der Waals surface area contributed by atoms with Crippen LogP contribution < -0.4 is 11.1 Å². The molecular formula is C17H23Cl2N5O3. The smallest absolute Gasteiger partial charge is 0.294 e. The maximum absolute atomic E-state index is 12.6. The molecule has 2 aromatic rings. The highest BCUT2D eigenvalue weighted by atomic mass is 35.5. The second kappa shape index (κ2) is 10.2. The van der Waals surface area contributed by atoms with E-state index in [-0.39, 0.29) is 53.9 Å². The highest BCUT2D eigenvalue weighted by molar-refractivity contribution is 5.95. The van der Waals surface area contributed by atoms with Crippen molar-refractivity contribution >= 4 is 36.4 Å². The van der Waals surface area contributed by atoms with Crippen molar-refractivity contribution < 1.29 is 9.72 Å².